The topological polar surface area (TPSA) is 41.1 Å². The molecular formula is C13H16ClFN2O. The van der Waals surface area contributed by atoms with Crippen LogP contribution in [0, 0.1) is 5.82 Å². The van der Waals surface area contributed by atoms with E-state index in [-0.39, 0.29) is 10.9 Å². The van der Waals surface area contributed by atoms with Crippen LogP contribution in [-0.4, -0.2) is 25.0 Å². The van der Waals surface area contributed by atoms with Crippen LogP contribution < -0.4 is 10.6 Å². The zero-order valence-corrected chi connectivity index (χ0v) is 10.8. The molecule has 0 saturated carbocycles. The SMILES string of the molecule is O=C(NCCC1CCCN1)c1ccc(F)cc1Cl. The van der Waals surface area contributed by atoms with Crippen LogP contribution in [0.4, 0.5) is 4.39 Å². The molecular weight excluding hydrogens is 255 g/mol. The fourth-order valence-electron chi connectivity index (χ4n) is 2.13. The normalized spacial score (nSPS) is 18.9. The van der Waals surface area contributed by atoms with Gasteiger partial charge in [-0.15, -0.1) is 0 Å². The van der Waals surface area contributed by atoms with E-state index in [4.69, 9.17) is 11.6 Å². The molecule has 0 radical (unpaired) electrons. The highest BCUT2D eigenvalue weighted by molar-refractivity contribution is 6.33. The van der Waals surface area contributed by atoms with E-state index >= 15 is 0 Å². The fraction of sp³-hybridized carbons (Fsp3) is 0.462. The number of benzene rings is 1. The molecule has 0 aromatic heterocycles. The van der Waals surface area contributed by atoms with Gasteiger partial charge in [-0.05, 0) is 44.0 Å². The summed E-state index contributed by atoms with van der Waals surface area (Å²) < 4.78 is 12.8. The van der Waals surface area contributed by atoms with Crippen molar-refractivity contribution in [2.45, 2.75) is 25.3 Å². The molecule has 0 aliphatic carbocycles. The Hall–Kier alpha value is -1.13. The molecule has 1 heterocycles. The van der Waals surface area contributed by atoms with Crippen molar-refractivity contribution in [3.8, 4) is 0 Å². The number of carbonyl (C=O) groups excluding carboxylic acids is 1. The zero-order valence-electron chi connectivity index (χ0n) is 10.0. The Bertz CT molecular complexity index is 433. The monoisotopic (exact) mass is 270 g/mol. The summed E-state index contributed by atoms with van der Waals surface area (Å²) in [6, 6.07) is 4.28. The van der Waals surface area contributed by atoms with Crippen molar-refractivity contribution in [3.05, 3.63) is 34.6 Å². The molecule has 1 aromatic rings. The molecule has 1 aliphatic rings. The second kappa shape index (κ2) is 6.16. The molecule has 2 N–H and O–H groups in total. The van der Waals surface area contributed by atoms with Gasteiger partial charge in [0.05, 0.1) is 10.6 Å². The summed E-state index contributed by atoms with van der Waals surface area (Å²) in [5, 5.41) is 6.31. The van der Waals surface area contributed by atoms with Crippen LogP contribution in [0.25, 0.3) is 0 Å². The van der Waals surface area contributed by atoms with Crippen LogP contribution in [-0.2, 0) is 0 Å². The van der Waals surface area contributed by atoms with E-state index in [1.807, 2.05) is 0 Å². The Kier molecular flexibility index (Phi) is 4.55. The van der Waals surface area contributed by atoms with Gasteiger partial charge in [0, 0.05) is 12.6 Å². The number of hydrogen-bond acceptors (Lipinski definition) is 2. The maximum atomic E-state index is 12.8. The summed E-state index contributed by atoms with van der Waals surface area (Å²) in [6.07, 6.45) is 3.26. The van der Waals surface area contributed by atoms with Crippen molar-refractivity contribution in [1.82, 2.24) is 10.6 Å². The lowest BCUT2D eigenvalue weighted by Crippen LogP contribution is -2.30. The van der Waals surface area contributed by atoms with E-state index in [0.29, 0.717) is 18.2 Å². The van der Waals surface area contributed by atoms with Crippen LogP contribution >= 0.6 is 11.6 Å². The van der Waals surface area contributed by atoms with Gasteiger partial charge in [0.15, 0.2) is 0 Å². The van der Waals surface area contributed by atoms with Gasteiger partial charge < -0.3 is 10.6 Å². The zero-order chi connectivity index (χ0) is 13.0. The summed E-state index contributed by atoms with van der Waals surface area (Å²) in [5.74, 6) is -0.690. The summed E-state index contributed by atoms with van der Waals surface area (Å²) >= 11 is 5.82. The van der Waals surface area contributed by atoms with Crippen molar-refractivity contribution in [2.75, 3.05) is 13.1 Å². The molecule has 1 aliphatic heterocycles. The standard InChI is InChI=1S/C13H16ClFN2O/c14-12-8-9(15)3-4-11(12)13(18)17-7-5-10-2-1-6-16-10/h3-4,8,10,16H,1-2,5-7H2,(H,17,18). The van der Waals surface area contributed by atoms with E-state index in [1.165, 1.54) is 18.6 Å². The Labute approximate surface area is 111 Å². The molecule has 1 saturated heterocycles. The molecule has 1 unspecified atom stereocenters. The van der Waals surface area contributed by atoms with Crippen molar-refractivity contribution in [3.63, 3.8) is 0 Å². The van der Waals surface area contributed by atoms with E-state index in [9.17, 15) is 9.18 Å². The molecule has 0 bridgehead atoms. The number of halogens is 2. The summed E-state index contributed by atoms with van der Waals surface area (Å²) in [4.78, 5) is 11.8. The molecule has 2 rings (SSSR count). The third-order valence-electron chi connectivity index (χ3n) is 3.12. The highest BCUT2D eigenvalue weighted by Gasteiger charge is 2.15. The average molecular weight is 271 g/mol. The maximum absolute atomic E-state index is 12.8. The Morgan fingerprint density at radius 3 is 3.06 bits per heavy atom. The third kappa shape index (κ3) is 3.43. The first-order valence-electron chi connectivity index (χ1n) is 6.13. The van der Waals surface area contributed by atoms with E-state index < -0.39 is 5.82 Å². The summed E-state index contributed by atoms with van der Waals surface area (Å²) in [5.41, 5.74) is 0.317. The largest absolute Gasteiger partial charge is 0.352 e. The first-order chi connectivity index (χ1) is 8.66. The second-order valence-electron chi connectivity index (χ2n) is 4.46. The van der Waals surface area contributed by atoms with E-state index in [1.54, 1.807) is 0 Å². The lowest BCUT2D eigenvalue weighted by Gasteiger charge is -2.11. The van der Waals surface area contributed by atoms with Gasteiger partial charge >= 0.3 is 0 Å². The first kappa shape index (κ1) is 13.3. The highest BCUT2D eigenvalue weighted by Crippen LogP contribution is 2.17. The number of carbonyl (C=O) groups is 1. The predicted octanol–water partition coefficient (Wildman–Crippen LogP) is 2.35. The van der Waals surface area contributed by atoms with Gasteiger partial charge in [-0.25, -0.2) is 4.39 Å². The Morgan fingerprint density at radius 1 is 1.56 bits per heavy atom. The average Bonchev–Trinajstić information content (AvgIpc) is 2.81. The summed E-state index contributed by atoms with van der Waals surface area (Å²) in [6.45, 7) is 1.66. The van der Waals surface area contributed by atoms with Crippen molar-refractivity contribution < 1.29 is 9.18 Å². The molecule has 98 valence electrons. The van der Waals surface area contributed by atoms with Gasteiger partial charge in [0.1, 0.15) is 5.82 Å². The molecule has 5 heteroatoms. The molecule has 1 aromatic carbocycles. The van der Waals surface area contributed by atoms with Crippen molar-refractivity contribution >= 4 is 17.5 Å². The van der Waals surface area contributed by atoms with Crippen LogP contribution in [0.15, 0.2) is 18.2 Å². The Morgan fingerprint density at radius 2 is 2.39 bits per heavy atom. The second-order valence-corrected chi connectivity index (χ2v) is 4.87. The van der Waals surface area contributed by atoms with E-state index in [2.05, 4.69) is 10.6 Å². The van der Waals surface area contributed by atoms with Crippen LogP contribution in [0.5, 0.6) is 0 Å². The summed E-state index contributed by atoms with van der Waals surface area (Å²) in [7, 11) is 0. The lowest BCUT2D eigenvalue weighted by atomic mass is 10.1. The fourth-order valence-corrected chi connectivity index (χ4v) is 2.38. The lowest BCUT2D eigenvalue weighted by molar-refractivity contribution is 0.0952. The minimum absolute atomic E-state index is 0.145. The molecule has 0 spiro atoms. The van der Waals surface area contributed by atoms with Gasteiger partial charge in [-0.2, -0.15) is 0 Å². The van der Waals surface area contributed by atoms with Crippen molar-refractivity contribution in [2.24, 2.45) is 0 Å². The van der Waals surface area contributed by atoms with E-state index in [0.717, 1.165) is 25.5 Å². The quantitative estimate of drug-likeness (QED) is 0.882. The van der Waals surface area contributed by atoms with Crippen LogP contribution in [0.2, 0.25) is 5.02 Å². The molecule has 3 nitrogen and oxygen atoms in total. The number of rotatable bonds is 4. The first-order valence-corrected chi connectivity index (χ1v) is 6.51. The molecule has 1 fully saturated rings. The van der Waals surface area contributed by atoms with Gasteiger partial charge in [-0.1, -0.05) is 11.6 Å². The van der Waals surface area contributed by atoms with Gasteiger partial charge in [-0.3, -0.25) is 4.79 Å². The molecule has 18 heavy (non-hydrogen) atoms. The number of hydrogen-bond donors (Lipinski definition) is 2. The van der Waals surface area contributed by atoms with Gasteiger partial charge in [0.25, 0.3) is 5.91 Å². The minimum atomic E-state index is -0.438. The predicted molar refractivity (Wildman–Crippen MR) is 69.4 cm³/mol. The molecule has 1 atom stereocenters. The minimum Gasteiger partial charge on any atom is -0.352 e. The maximum Gasteiger partial charge on any atom is 0.252 e. The third-order valence-corrected chi connectivity index (χ3v) is 3.43. The highest BCUT2D eigenvalue weighted by atomic mass is 35.5. The van der Waals surface area contributed by atoms with Crippen LogP contribution in [0.3, 0.4) is 0 Å². The smallest absolute Gasteiger partial charge is 0.252 e. The van der Waals surface area contributed by atoms with Gasteiger partial charge in [0.2, 0.25) is 0 Å². The number of nitrogens with one attached hydrogen (secondary N) is 2. The molecule has 1 amide bonds. The van der Waals surface area contributed by atoms with Crippen LogP contribution in [0.1, 0.15) is 29.6 Å². The Balaban J connectivity index is 1.83. The van der Waals surface area contributed by atoms with Crippen molar-refractivity contribution in [1.29, 1.82) is 0 Å². The number of amides is 1.